The number of carboxylic acid groups (broad SMARTS) is 1. The molecule has 0 bridgehead atoms. The van der Waals surface area contributed by atoms with Crippen LogP contribution in [0.4, 0.5) is 17.6 Å². The van der Waals surface area contributed by atoms with Gasteiger partial charge in [0, 0.05) is 0 Å². The van der Waals surface area contributed by atoms with Crippen molar-refractivity contribution in [2.75, 3.05) is 0 Å². The predicted octanol–water partition coefficient (Wildman–Crippen LogP) is 2.99. The van der Waals surface area contributed by atoms with E-state index in [1.807, 2.05) is 0 Å². The first-order chi connectivity index (χ1) is 8.21. The average Bonchev–Trinajstić information content (AvgIpc) is 2.24. The van der Waals surface area contributed by atoms with Crippen LogP contribution < -0.4 is 0 Å². The molecule has 1 atom stereocenters. The van der Waals surface area contributed by atoms with Crippen molar-refractivity contribution in [3.63, 3.8) is 0 Å². The van der Waals surface area contributed by atoms with E-state index in [0.717, 1.165) is 19.1 Å². The number of hydrogen-bond acceptors (Lipinski definition) is 2. The Kier molecular flexibility index (Phi) is 4.28. The summed E-state index contributed by atoms with van der Waals surface area (Å²) < 4.78 is 54.1. The molecule has 100 valence electrons. The summed E-state index contributed by atoms with van der Waals surface area (Å²) in [5.41, 5.74) is -0.406. The van der Waals surface area contributed by atoms with Crippen molar-refractivity contribution in [3.05, 3.63) is 35.1 Å². The van der Waals surface area contributed by atoms with Gasteiger partial charge in [-0.25, -0.2) is 9.18 Å². The van der Waals surface area contributed by atoms with Crippen molar-refractivity contribution in [3.8, 4) is 0 Å². The number of alkyl halides is 3. The second kappa shape index (κ2) is 5.34. The van der Waals surface area contributed by atoms with Gasteiger partial charge >= 0.3 is 12.1 Å². The molecule has 1 aromatic carbocycles. The van der Waals surface area contributed by atoms with E-state index < -0.39 is 36.2 Å². The highest BCUT2D eigenvalue weighted by Crippen LogP contribution is 2.23. The van der Waals surface area contributed by atoms with Crippen molar-refractivity contribution < 1.29 is 32.2 Å². The van der Waals surface area contributed by atoms with Gasteiger partial charge in [0.1, 0.15) is 5.82 Å². The first-order valence-corrected chi connectivity index (χ1v) is 4.92. The Bertz CT molecular complexity index is 442. The molecular formula is C11H10F4O3. The average molecular weight is 266 g/mol. The SMILES string of the molecule is CC(OCc1ccc(C(=O)O)c(F)c1)C(F)(F)F. The molecule has 7 heteroatoms. The maximum atomic E-state index is 13.2. The van der Waals surface area contributed by atoms with Gasteiger partial charge < -0.3 is 9.84 Å². The molecule has 0 saturated heterocycles. The molecule has 1 N–H and O–H groups in total. The van der Waals surface area contributed by atoms with Crippen molar-refractivity contribution in [2.45, 2.75) is 25.8 Å². The number of benzene rings is 1. The minimum atomic E-state index is -4.49. The summed E-state index contributed by atoms with van der Waals surface area (Å²) in [7, 11) is 0. The van der Waals surface area contributed by atoms with Crippen LogP contribution in [-0.2, 0) is 11.3 Å². The number of halogens is 4. The maximum absolute atomic E-state index is 13.2. The van der Waals surface area contributed by atoms with E-state index in [-0.39, 0.29) is 5.56 Å². The third-order valence-electron chi connectivity index (χ3n) is 2.22. The van der Waals surface area contributed by atoms with Crippen molar-refractivity contribution in [1.29, 1.82) is 0 Å². The van der Waals surface area contributed by atoms with E-state index in [1.165, 1.54) is 6.07 Å². The van der Waals surface area contributed by atoms with Crippen LogP contribution in [0.2, 0.25) is 0 Å². The fraction of sp³-hybridized carbons (Fsp3) is 0.364. The lowest BCUT2D eigenvalue weighted by Gasteiger charge is -2.16. The number of rotatable bonds is 4. The molecule has 0 aliphatic heterocycles. The topological polar surface area (TPSA) is 46.5 Å². The Balaban J connectivity index is 2.70. The van der Waals surface area contributed by atoms with Gasteiger partial charge in [-0.1, -0.05) is 6.07 Å². The summed E-state index contributed by atoms with van der Waals surface area (Å²) in [5, 5.41) is 8.56. The molecule has 0 fully saturated rings. The van der Waals surface area contributed by atoms with Crippen LogP contribution in [0.3, 0.4) is 0 Å². The van der Waals surface area contributed by atoms with Crippen LogP contribution in [0.5, 0.6) is 0 Å². The van der Waals surface area contributed by atoms with Gasteiger partial charge in [-0.05, 0) is 24.6 Å². The minimum absolute atomic E-state index is 0.133. The molecule has 0 saturated carbocycles. The predicted molar refractivity (Wildman–Crippen MR) is 53.7 cm³/mol. The Labute approximate surface area is 100.0 Å². The van der Waals surface area contributed by atoms with Crippen molar-refractivity contribution in [2.24, 2.45) is 0 Å². The molecule has 1 rings (SSSR count). The number of carboxylic acids is 1. The molecule has 18 heavy (non-hydrogen) atoms. The smallest absolute Gasteiger partial charge is 0.414 e. The number of aromatic carboxylic acids is 1. The second-order valence-corrected chi connectivity index (χ2v) is 3.61. The quantitative estimate of drug-likeness (QED) is 0.852. The van der Waals surface area contributed by atoms with E-state index in [4.69, 9.17) is 5.11 Å². The molecule has 0 spiro atoms. The summed E-state index contributed by atoms with van der Waals surface area (Å²) in [6.45, 7) is 0.388. The minimum Gasteiger partial charge on any atom is -0.478 e. The van der Waals surface area contributed by atoms with Gasteiger partial charge in [-0.2, -0.15) is 13.2 Å². The molecule has 0 aromatic heterocycles. The number of ether oxygens (including phenoxy) is 1. The van der Waals surface area contributed by atoms with Gasteiger partial charge in [0.05, 0.1) is 12.2 Å². The van der Waals surface area contributed by atoms with E-state index >= 15 is 0 Å². The summed E-state index contributed by atoms with van der Waals surface area (Å²) in [5.74, 6) is -2.45. The molecule has 0 heterocycles. The highest BCUT2D eigenvalue weighted by atomic mass is 19.4. The molecule has 3 nitrogen and oxygen atoms in total. The molecule has 1 aromatic rings. The van der Waals surface area contributed by atoms with Crippen LogP contribution >= 0.6 is 0 Å². The normalized spacial score (nSPS) is 13.4. The van der Waals surface area contributed by atoms with Crippen LogP contribution in [0.25, 0.3) is 0 Å². The summed E-state index contributed by atoms with van der Waals surface area (Å²) in [6.07, 6.45) is -6.46. The highest BCUT2D eigenvalue weighted by molar-refractivity contribution is 5.87. The van der Waals surface area contributed by atoms with E-state index in [9.17, 15) is 22.4 Å². The Morgan fingerprint density at radius 2 is 2.06 bits per heavy atom. The van der Waals surface area contributed by atoms with E-state index in [0.29, 0.717) is 0 Å². The van der Waals surface area contributed by atoms with Crippen LogP contribution in [0, 0.1) is 5.82 Å². The van der Waals surface area contributed by atoms with Gasteiger partial charge in [0.25, 0.3) is 0 Å². The van der Waals surface area contributed by atoms with Crippen molar-refractivity contribution >= 4 is 5.97 Å². The van der Waals surface area contributed by atoms with Crippen LogP contribution in [-0.4, -0.2) is 23.4 Å². The van der Waals surface area contributed by atoms with E-state index in [1.54, 1.807) is 0 Å². The van der Waals surface area contributed by atoms with Crippen molar-refractivity contribution in [1.82, 2.24) is 0 Å². The Morgan fingerprint density at radius 1 is 1.44 bits per heavy atom. The van der Waals surface area contributed by atoms with Crippen LogP contribution in [0.15, 0.2) is 18.2 Å². The first-order valence-electron chi connectivity index (χ1n) is 4.92. The second-order valence-electron chi connectivity index (χ2n) is 3.61. The number of carbonyl (C=O) groups is 1. The third-order valence-corrected chi connectivity index (χ3v) is 2.22. The fourth-order valence-electron chi connectivity index (χ4n) is 1.14. The summed E-state index contributed by atoms with van der Waals surface area (Å²) in [6, 6.07) is 3.02. The Hall–Kier alpha value is -1.63. The third kappa shape index (κ3) is 3.69. The maximum Gasteiger partial charge on any atom is 0.414 e. The lowest BCUT2D eigenvalue weighted by atomic mass is 10.1. The standard InChI is InChI=1S/C11H10F4O3/c1-6(11(13,14)15)18-5-7-2-3-8(10(16)17)9(12)4-7/h2-4,6H,5H2,1H3,(H,16,17). The summed E-state index contributed by atoms with van der Waals surface area (Å²) in [4.78, 5) is 10.5. The molecule has 0 aliphatic carbocycles. The highest BCUT2D eigenvalue weighted by Gasteiger charge is 2.36. The van der Waals surface area contributed by atoms with Gasteiger partial charge in [-0.3, -0.25) is 0 Å². The van der Waals surface area contributed by atoms with Gasteiger partial charge in [0.15, 0.2) is 6.10 Å². The molecule has 1 unspecified atom stereocenters. The molecule has 0 amide bonds. The zero-order valence-electron chi connectivity index (χ0n) is 9.29. The lowest BCUT2D eigenvalue weighted by Crippen LogP contribution is -2.28. The van der Waals surface area contributed by atoms with Gasteiger partial charge in [-0.15, -0.1) is 0 Å². The van der Waals surface area contributed by atoms with Gasteiger partial charge in [0.2, 0.25) is 0 Å². The largest absolute Gasteiger partial charge is 0.478 e. The monoisotopic (exact) mass is 266 g/mol. The van der Waals surface area contributed by atoms with E-state index in [2.05, 4.69) is 4.74 Å². The summed E-state index contributed by atoms with van der Waals surface area (Å²) >= 11 is 0. The fourth-order valence-corrected chi connectivity index (χ4v) is 1.14. The zero-order chi connectivity index (χ0) is 13.9. The zero-order valence-corrected chi connectivity index (χ0v) is 9.29. The Morgan fingerprint density at radius 3 is 2.50 bits per heavy atom. The molecular weight excluding hydrogens is 256 g/mol. The molecule has 0 aliphatic rings. The first kappa shape index (κ1) is 14.4. The lowest BCUT2D eigenvalue weighted by molar-refractivity contribution is -0.217. The van der Waals surface area contributed by atoms with Crippen LogP contribution in [0.1, 0.15) is 22.8 Å². The molecule has 0 radical (unpaired) electrons. The number of hydrogen-bond donors (Lipinski definition) is 1.